The average molecular weight is 261 g/mol. The molecular weight excluding hydrogens is 238 g/mol. The first-order valence-electron chi connectivity index (χ1n) is 7.33. The summed E-state index contributed by atoms with van der Waals surface area (Å²) in [5.41, 5.74) is 2.08. The topological polar surface area (TPSA) is 39.6 Å². The summed E-state index contributed by atoms with van der Waals surface area (Å²) in [6.07, 6.45) is 5.69. The van der Waals surface area contributed by atoms with Crippen LogP contribution >= 0.6 is 0 Å². The molecule has 1 aromatic rings. The van der Waals surface area contributed by atoms with E-state index in [0.29, 0.717) is 6.04 Å². The normalized spacial score (nSPS) is 24.3. The first-order valence-corrected chi connectivity index (χ1v) is 7.33. The Bertz CT molecular complexity index is 449. The van der Waals surface area contributed by atoms with Crippen LogP contribution in [0.2, 0.25) is 0 Å². The molecule has 1 atom stereocenters. The summed E-state index contributed by atoms with van der Waals surface area (Å²) in [7, 11) is 0. The van der Waals surface area contributed by atoms with E-state index in [1.54, 1.807) is 6.20 Å². The molecule has 2 saturated heterocycles. The second-order valence-corrected chi connectivity index (χ2v) is 5.77. The van der Waals surface area contributed by atoms with Crippen LogP contribution in [0.25, 0.3) is 0 Å². The third-order valence-electron chi connectivity index (χ3n) is 4.39. The lowest BCUT2D eigenvalue weighted by Gasteiger charge is -2.27. The highest BCUT2D eigenvalue weighted by Gasteiger charge is 2.29. The van der Waals surface area contributed by atoms with Crippen LogP contribution in [0.5, 0.6) is 0 Å². The number of hydrogen-bond donors (Lipinski definition) is 1. The highest BCUT2D eigenvalue weighted by Crippen LogP contribution is 2.26. The molecule has 0 radical (unpaired) electrons. The minimum Gasteiger partial charge on any atom is -0.392 e. The molecule has 104 valence electrons. The fourth-order valence-electron chi connectivity index (χ4n) is 3.44. The number of aliphatic hydroxyl groups excluding tert-OH is 1. The number of aliphatic hydroxyl groups is 1. The van der Waals surface area contributed by atoms with Gasteiger partial charge < -0.3 is 10.0 Å². The van der Waals surface area contributed by atoms with Gasteiger partial charge in [-0.25, -0.2) is 4.98 Å². The molecule has 2 aliphatic heterocycles. The molecule has 4 nitrogen and oxygen atoms in total. The summed E-state index contributed by atoms with van der Waals surface area (Å²) in [5.74, 6) is 1.10. The van der Waals surface area contributed by atoms with Crippen LogP contribution < -0.4 is 4.90 Å². The molecule has 0 saturated carbocycles. The quantitative estimate of drug-likeness (QED) is 0.877. The molecule has 3 rings (SSSR count). The second-order valence-electron chi connectivity index (χ2n) is 5.77. The van der Waals surface area contributed by atoms with Gasteiger partial charge >= 0.3 is 0 Å². The van der Waals surface area contributed by atoms with Gasteiger partial charge in [-0.2, -0.15) is 0 Å². The molecular formula is C15H23N3O. The van der Waals surface area contributed by atoms with E-state index < -0.39 is 0 Å². The van der Waals surface area contributed by atoms with Gasteiger partial charge in [-0.3, -0.25) is 4.90 Å². The molecule has 1 N–H and O–H groups in total. The zero-order chi connectivity index (χ0) is 13.2. The van der Waals surface area contributed by atoms with Crippen LogP contribution in [0.1, 0.15) is 30.4 Å². The van der Waals surface area contributed by atoms with Crippen molar-refractivity contribution >= 4 is 5.82 Å². The van der Waals surface area contributed by atoms with E-state index >= 15 is 0 Å². The van der Waals surface area contributed by atoms with Crippen molar-refractivity contribution in [2.24, 2.45) is 0 Å². The molecule has 0 bridgehead atoms. The number of pyridine rings is 1. The smallest absolute Gasteiger partial charge is 0.131 e. The van der Waals surface area contributed by atoms with Gasteiger partial charge in [0.15, 0.2) is 0 Å². The van der Waals surface area contributed by atoms with Gasteiger partial charge in [-0.15, -0.1) is 0 Å². The number of fused-ring (bicyclic) bond motifs is 1. The number of hydrogen-bond acceptors (Lipinski definition) is 4. The van der Waals surface area contributed by atoms with Crippen molar-refractivity contribution in [1.29, 1.82) is 0 Å². The number of rotatable bonds is 2. The summed E-state index contributed by atoms with van der Waals surface area (Å²) in [6.45, 7) is 6.87. The predicted molar refractivity (Wildman–Crippen MR) is 76.3 cm³/mol. The van der Waals surface area contributed by atoms with E-state index in [9.17, 15) is 5.11 Å². The average Bonchev–Trinajstić information content (AvgIpc) is 2.76. The lowest BCUT2D eigenvalue weighted by molar-refractivity contribution is 0.273. The molecule has 0 amide bonds. The van der Waals surface area contributed by atoms with E-state index in [-0.39, 0.29) is 6.61 Å². The summed E-state index contributed by atoms with van der Waals surface area (Å²) in [5, 5.41) is 9.17. The SMILES string of the molecule is Cc1cc(CO)cnc1N1CCCN2CCCC2C1. The van der Waals surface area contributed by atoms with Crippen molar-refractivity contribution in [3.05, 3.63) is 23.4 Å². The van der Waals surface area contributed by atoms with Crippen LogP contribution in [0.4, 0.5) is 5.82 Å². The first-order chi connectivity index (χ1) is 9.28. The van der Waals surface area contributed by atoms with Gasteiger partial charge in [0.05, 0.1) is 6.61 Å². The Hall–Kier alpha value is -1.13. The van der Waals surface area contributed by atoms with Crippen molar-refractivity contribution < 1.29 is 5.11 Å². The van der Waals surface area contributed by atoms with Crippen molar-refractivity contribution in [3.8, 4) is 0 Å². The van der Waals surface area contributed by atoms with Gasteiger partial charge in [0.25, 0.3) is 0 Å². The Balaban J connectivity index is 1.80. The number of aromatic nitrogens is 1. The van der Waals surface area contributed by atoms with Crippen LogP contribution in [-0.4, -0.2) is 47.2 Å². The van der Waals surface area contributed by atoms with Gasteiger partial charge in [-0.05, 0) is 49.9 Å². The summed E-state index contributed by atoms with van der Waals surface area (Å²) in [6, 6.07) is 2.76. The van der Waals surface area contributed by atoms with Crippen molar-refractivity contribution in [2.75, 3.05) is 31.1 Å². The minimum atomic E-state index is 0.0739. The highest BCUT2D eigenvalue weighted by atomic mass is 16.3. The maximum absolute atomic E-state index is 9.17. The third kappa shape index (κ3) is 2.60. The van der Waals surface area contributed by atoms with Crippen molar-refractivity contribution in [3.63, 3.8) is 0 Å². The Morgan fingerprint density at radius 2 is 2.16 bits per heavy atom. The molecule has 0 aliphatic carbocycles. The van der Waals surface area contributed by atoms with Gasteiger partial charge in [0.1, 0.15) is 5.82 Å². The molecule has 1 unspecified atom stereocenters. The Labute approximate surface area is 115 Å². The Morgan fingerprint density at radius 1 is 1.32 bits per heavy atom. The van der Waals surface area contributed by atoms with E-state index in [1.165, 1.54) is 37.9 Å². The molecule has 4 heteroatoms. The van der Waals surface area contributed by atoms with Crippen molar-refractivity contribution in [1.82, 2.24) is 9.88 Å². The summed E-state index contributed by atoms with van der Waals surface area (Å²) < 4.78 is 0. The fourth-order valence-corrected chi connectivity index (χ4v) is 3.44. The summed E-state index contributed by atoms with van der Waals surface area (Å²) >= 11 is 0. The van der Waals surface area contributed by atoms with Crippen LogP contribution in [0.15, 0.2) is 12.3 Å². The van der Waals surface area contributed by atoms with Gasteiger partial charge in [-0.1, -0.05) is 0 Å². The van der Waals surface area contributed by atoms with E-state index in [0.717, 1.165) is 24.5 Å². The third-order valence-corrected chi connectivity index (χ3v) is 4.39. The van der Waals surface area contributed by atoms with Gasteiger partial charge in [0.2, 0.25) is 0 Å². The second kappa shape index (κ2) is 5.47. The van der Waals surface area contributed by atoms with Crippen LogP contribution in [0, 0.1) is 6.92 Å². The fraction of sp³-hybridized carbons (Fsp3) is 0.667. The molecule has 3 heterocycles. The monoisotopic (exact) mass is 261 g/mol. The van der Waals surface area contributed by atoms with Crippen LogP contribution in [-0.2, 0) is 6.61 Å². The predicted octanol–water partition coefficient (Wildman–Crippen LogP) is 1.56. The Kier molecular flexibility index (Phi) is 3.71. The molecule has 19 heavy (non-hydrogen) atoms. The van der Waals surface area contributed by atoms with E-state index in [1.807, 2.05) is 0 Å². The zero-order valence-electron chi connectivity index (χ0n) is 11.7. The Morgan fingerprint density at radius 3 is 2.95 bits per heavy atom. The van der Waals surface area contributed by atoms with Crippen LogP contribution in [0.3, 0.4) is 0 Å². The minimum absolute atomic E-state index is 0.0739. The standard InChI is InChI=1S/C15H23N3O/c1-12-8-13(11-19)9-16-15(12)18-7-3-6-17-5-2-4-14(17)10-18/h8-9,14,19H,2-7,10-11H2,1H3. The highest BCUT2D eigenvalue weighted by molar-refractivity contribution is 5.47. The lowest BCUT2D eigenvalue weighted by atomic mass is 10.1. The summed E-state index contributed by atoms with van der Waals surface area (Å²) in [4.78, 5) is 9.65. The van der Waals surface area contributed by atoms with Crippen molar-refractivity contribution in [2.45, 2.75) is 38.8 Å². The first kappa shape index (κ1) is 12.9. The maximum Gasteiger partial charge on any atom is 0.131 e. The molecule has 2 aliphatic rings. The molecule has 0 aromatic carbocycles. The zero-order valence-corrected chi connectivity index (χ0v) is 11.7. The number of anilines is 1. The molecule has 0 spiro atoms. The number of nitrogens with zero attached hydrogens (tertiary/aromatic N) is 3. The molecule has 2 fully saturated rings. The van der Waals surface area contributed by atoms with E-state index in [4.69, 9.17) is 0 Å². The maximum atomic E-state index is 9.17. The number of aryl methyl sites for hydroxylation is 1. The van der Waals surface area contributed by atoms with Gasteiger partial charge in [0, 0.05) is 31.9 Å². The molecule has 1 aromatic heterocycles. The largest absolute Gasteiger partial charge is 0.392 e. The van der Waals surface area contributed by atoms with E-state index in [2.05, 4.69) is 27.8 Å². The lowest BCUT2D eigenvalue weighted by Crippen LogP contribution is -2.37.